The number of likely N-dealkylation sites (N-methyl/N-ethyl adjacent to an activating group) is 1. The number of carbonyl (C=O) groups is 1. The zero-order valence-corrected chi connectivity index (χ0v) is 10.9. The molecule has 2 aliphatic rings. The van der Waals surface area contributed by atoms with Gasteiger partial charge in [-0.3, -0.25) is 4.79 Å². The summed E-state index contributed by atoms with van der Waals surface area (Å²) >= 11 is 0. The van der Waals surface area contributed by atoms with Gasteiger partial charge in [0.05, 0.1) is 6.04 Å². The lowest BCUT2D eigenvalue weighted by Crippen LogP contribution is -2.49. The predicted octanol–water partition coefficient (Wildman–Crippen LogP) is 1.95. The van der Waals surface area contributed by atoms with Gasteiger partial charge in [-0.2, -0.15) is 0 Å². The van der Waals surface area contributed by atoms with Crippen LogP contribution >= 0.6 is 12.4 Å². The van der Waals surface area contributed by atoms with Crippen molar-refractivity contribution in [3.05, 3.63) is 0 Å². The van der Waals surface area contributed by atoms with Gasteiger partial charge in [-0.15, -0.1) is 12.4 Å². The Morgan fingerprint density at radius 3 is 2.31 bits per heavy atom. The number of halogens is 1. The van der Waals surface area contributed by atoms with Crippen LogP contribution < -0.4 is 5.32 Å². The summed E-state index contributed by atoms with van der Waals surface area (Å²) < 4.78 is 0. The third-order valence-corrected chi connectivity index (χ3v) is 3.83. The van der Waals surface area contributed by atoms with Gasteiger partial charge in [0.1, 0.15) is 0 Å². The normalized spacial score (nSPS) is 26.2. The van der Waals surface area contributed by atoms with Gasteiger partial charge in [0.15, 0.2) is 0 Å². The van der Waals surface area contributed by atoms with Crippen molar-refractivity contribution in [2.75, 3.05) is 13.6 Å². The third kappa shape index (κ3) is 3.11. The molecule has 1 aliphatic carbocycles. The van der Waals surface area contributed by atoms with Crippen LogP contribution in [0, 0.1) is 0 Å². The average molecular weight is 247 g/mol. The van der Waals surface area contributed by atoms with E-state index in [0.29, 0.717) is 11.9 Å². The van der Waals surface area contributed by atoms with E-state index in [1.165, 1.54) is 38.5 Å². The molecule has 0 spiro atoms. The molecule has 16 heavy (non-hydrogen) atoms. The molecule has 2 rings (SSSR count). The summed E-state index contributed by atoms with van der Waals surface area (Å²) in [6, 6.07) is 0.616. The minimum atomic E-state index is 0. The number of nitrogens with one attached hydrogen (secondary N) is 1. The van der Waals surface area contributed by atoms with E-state index in [-0.39, 0.29) is 18.4 Å². The smallest absolute Gasteiger partial charge is 0.239 e. The minimum absolute atomic E-state index is 0. The molecule has 2 fully saturated rings. The largest absolute Gasteiger partial charge is 0.341 e. The Morgan fingerprint density at radius 1 is 1.12 bits per heavy atom. The summed E-state index contributed by atoms with van der Waals surface area (Å²) in [4.78, 5) is 14.1. The zero-order valence-electron chi connectivity index (χ0n) is 10.1. The molecule has 0 radical (unpaired) electrons. The maximum atomic E-state index is 12.1. The molecule has 1 aliphatic heterocycles. The van der Waals surface area contributed by atoms with Crippen LogP contribution in [0.4, 0.5) is 0 Å². The van der Waals surface area contributed by atoms with Crippen LogP contribution in [0.1, 0.15) is 44.9 Å². The Hall–Kier alpha value is -0.280. The standard InChI is InChI=1S/C12H22N2O.ClH/c1-14(10-6-2-3-7-10)12(15)11-8-4-5-9-13-11;/h10-11,13H,2-9H2,1H3;1H. The SMILES string of the molecule is CN(C(=O)C1CCCCN1)C1CCCC1.Cl. The van der Waals surface area contributed by atoms with Crippen LogP contribution in [0.25, 0.3) is 0 Å². The second kappa shape index (κ2) is 6.45. The van der Waals surface area contributed by atoms with E-state index in [2.05, 4.69) is 5.32 Å². The monoisotopic (exact) mass is 246 g/mol. The fourth-order valence-electron chi connectivity index (χ4n) is 2.78. The molecular formula is C12H23ClN2O. The van der Waals surface area contributed by atoms with Crippen molar-refractivity contribution in [1.29, 1.82) is 0 Å². The topological polar surface area (TPSA) is 32.3 Å². The van der Waals surface area contributed by atoms with E-state index < -0.39 is 0 Å². The number of piperidine rings is 1. The van der Waals surface area contributed by atoms with Crippen LogP contribution in [0.2, 0.25) is 0 Å². The Morgan fingerprint density at radius 2 is 1.75 bits per heavy atom. The van der Waals surface area contributed by atoms with Gasteiger partial charge in [0.2, 0.25) is 5.91 Å². The van der Waals surface area contributed by atoms with Gasteiger partial charge in [0, 0.05) is 13.1 Å². The van der Waals surface area contributed by atoms with Gasteiger partial charge < -0.3 is 10.2 Å². The third-order valence-electron chi connectivity index (χ3n) is 3.83. The molecular weight excluding hydrogens is 224 g/mol. The Bertz CT molecular complexity index is 223. The fourth-order valence-corrected chi connectivity index (χ4v) is 2.78. The van der Waals surface area contributed by atoms with E-state index in [0.717, 1.165) is 13.0 Å². The lowest BCUT2D eigenvalue weighted by atomic mass is 10.0. The first-order valence-corrected chi connectivity index (χ1v) is 6.29. The number of carbonyl (C=O) groups excluding carboxylic acids is 1. The average Bonchev–Trinajstić information content (AvgIpc) is 2.82. The molecule has 3 nitrogen and oxygen atoms in total. The quantitative estimate of drug-likeness (QED) is 0.808. The predicted molar refractivity (Wildman–Crippen MR) is 67.9 cm³/mol. The van der Waals surface area contributed by atoms with Crippen molar-refractivity contribution < 1.29 is 4.79 Å². The van der Waals surface area contributed by atoms with Crippen molar-refractivity contribution in [2.24, 2.45) is 0 Å². The van der Waals surface area contributed by atoms with E-state index >= 15 is 0 Å². The van der Waals surface area contributed by atoms with Crippen molar-refractivity contribution in [3.63, 3.8) is 0 Å². The molecule has 1 saturated carbocycles. The maximum Gasteiger partial charge on any atom is 0.239 e. The number of hydrogen-bond donors (Lipinski definition) is 1. The molecule has 4 heteroatoms. The van der Waals surface area contributed by atoms with Crippen LogP contribution in [0.15, 0.2) is 0 Å². The Kier molecular flexibility index (Phi) is 5.56. The van der Waals surface area contributed by atoms with E-state index in [9.17, 15) is 4.79 Å². The minimum Gasteiger partial charge on any atom is -0.341 e. The Balaban J connectivity index is 0.00000128. The molecule has 1 atom stereocenters. The summed E-state index contributed by atoms with van der Waals surface area (Å²) in [5.74, 6) is 0.321. The molecule has 0 aromatic rings. The molecule has 0 bridgehead atoms. The highest BCUT2D eigenvalue weighted by atomic mass is 35.5. The molecule has 1 unspecified atom stereocenters. The zero-order chi connectivity index (χ0) is 10.7. The highest BCUT2D eigenvalue weighted by Gasteiger charge is 2.29. The molecule has 1 N–H and O–H groups in total. The molecule has 94 valence electrons. The van der Waals surface area contributed by atoms with Gasteiger partial charge in [-0.25, -0.2) is 0 Å². The van der Waals surface area contributed by atoms with Crippen LogP contribution in [0.3, 0.4) is 0 Å². The first-order valence-electron chi connectivity index (χ1n) is 6.29. The number of amides is 1. The van der Waals surface area contributed by atoms with Crippen LogP contribution in [-0.2, 0) is 4.79 Å². The van der Waals surface area contributed by atoms with Crippen LogP contribution in [0.5, 0.6) is 0 Å². The summed E-state index contributed by atoms with van der Waals surface area (Å²) in [5, 5.41) is 3.33. The highest BCUT2D eigenvalue weighted by Crippen LogP contribution is 2.23. The first-order chi connectivity index (χ1) is 7.29. The van der Waals surface area contributed by atoms with Crippen molar-refractivity contribution >= 4 is 18.3 Å². The van der Waals surface area contributed by atoms with Gasteiger partial charge in [-0.05, 0) is 32.2 Å². The second-order valence-electron chi connectivity index (χ2n) is 4.89. The maximum absolute atomic E-state index is 12.1. The van der Waals surface area contributed by atoms with E-state index in [1.54, 1.807) is 0 Å². The second-order valence-corrected chi connectivity index (χ2v) is 4.89. The number of hydrogen-bond acceptors (Lipinski definition) is 2. The summed E-state index contributed by atoms with van der Waals surface area (Å²) in [6.07, 6.45) is 8.43. The fraction of sp³-hybridized carbons (Fsp3) is 0.917. The lowest BCUT2D eigenvalue weighted by Gasteiger charge is -2.31. The van der Waals surface area contributed by atoms with Crippen LogP contribution in [-0.4, -0.2) is 36.5 Å². The van der Waals surface area contributed by atoms with E-state index in [1.807, 2.05) is 11.9 Å². The Labute approximate surface area is 104 Å². The molecule has 1 heterocycles. The van der Waals surface area contributed by atoms with Crippen molar-refractivity contribution in [2.45, 2.75) is 57.0 Å². The van der Waals surface area contributed by atoms with E-state index in [4.69, 9.17) is 0 Å². The highest BCUT2D eigenvalue weighted by molar-refractivity contribution is 5.85. The number of rotatable bonds is 2. The summed E-state index contributed by atoms with van der Waals surface area (Å²) in [6.45, 7) is 1.01. The molecule has 1 saturated heterocycles. The summed E-state index contributed by atoms with van der Waals surface area (Å²) in [7, 11) is 1.98. The van der Waals surface area contributed by atoms with Crippen molar-refractivity contribution in [1.82, 2.24) is 10.2 Å². The molecule has 0 aromatic carbocycles. The summed E-state index contributed by atoms with van der Waals surface area (Å²) in [5.41, 5.74) is 0. The van der Waals surface area contributed by atoms with Gasteiger partial charge in [0.25, 0.3) is 0 Å². The van der Waals surface area contributed by atoms with Gasteiger partial charge in [-0.1, -0.05) is 19.3 Å². The molecule has 1 amide bonds. The lowest BCUT2D eigenvalue weighted by molar-refractivity contribution is -0.134. The molecule has 0 aromatic heterocycles. The van der Waals surface area contributed by atoms with Crippen molar-refractivity contribution in [3.8, 4) is 0 Å². The number of nitrogens with zero attached hydrogens (tertiary/aromatic N) is 1. The first kappa shape index (κ1) is 13.8. The van der Waals surface area contributed by atoms with Gasteiger partial charge >= 0.3 is 0 Å².